The Kier molecular flexibility index (Phi) is 4.44. The highest BCUT2D eigenvalue weighted by molar-refractivity contribution is 5.96. The quantitative estimate of drug-likeness (QED) is 0.588. The SMILES string of the molecule is O=C(NC1CC1)c1ccc(N2CCC(c3noc(C4CC4)n3)CC2)c([N+](=O)[O-])c1. The number of nitro groups is 1. The molecule has 3 aliphatic rings. The van der Waals surface area contributed by atoms with Crippen LogP contribution in [0.3, 0.4) is 0 Å². The normalized spacial score (nSPS) is 19.9. The summed E-state index contributed by atoms with van der Waals surface area (Å²) >= 11 is 0. The summed E-state index contributed by atoms with van der Waals surface area (Å²) in [6.07, 6.45) is 5.82. The second-order valence-corrected chi connectivity index (χ2v) is 8.23. The lowest BCUT2D eigenvalue weighted by Gasteiger charge is -2.32. The number of benzene rings is 1. The van der Waals surface area contributed by atoms with E-state index in [1.54, 1.807) is 12.1 Å². The minimum atomic E-state index is -0.406. The van der Waals surface area contributed by atoms with E-state index >= 15 is 0 Å². The summed E-state index contributed by atoms with van der Waals surface area (Å²) in [5.41, 5.74) is 0.868. The zero-order valence-electron chi connectivity index (χ0n) is 16.0. The van der Waals surface area contributed by atoms with Crippen LogP contribution in [0.4, 0.5) is 11.4 Å². The molecule has 2 aromatic rings. The highest BCUT2D eigenvalue weighted by atomic mass is 16.6. The predicted octanol–water partition coefficient (Wildman–Crippen LogP) is 3.13. The number of piperidine rings is 1. The van der Waals surface area contributed by atoms with Crippen LogP contribution in [0.25, 0.3) is 0 Å². The molecular weight excluding hydrogens is 374 g/mol. The van der Waals surface area contributed by atoms with Gasteiger partial charge in [0, 0.05) is 42.6 Å². The second kappa shape index (κ2) is 7.13. The lowest BCUT2D eigenvalue weighted by Crippen LogP contribution is -2.33. The van der Waals surface area contributed by atoms with Gasteiger partial charge < -0.3 is 14.7 Å². The molecule has 1 amide bonds. The summed E-state index contributed by atoms with van der Waals surface area (Å²) in [7, 11) is 0. The largest absolute Gasteiger partial charge is 0.366 e. The van der Waals surface area contributed by atoms with Crippen molar-refractivity contribution in [3.05, 3.63) is 45.6 Å². The standard InChI is InChI=1S/C20H23N5O4/c26-19(21-15-4-5-15)14-3-6-16(17(11-14)25(27)28)24-9-7-12(8-10-24)18-22-20(29-23-18)13-1-2-13/h3,6,11-13,15H,1-2,4-5,7-10H2,(H,21,26). The first-order valence-corrected chi connectivity index (χ1v) is 10.3. The van der Waals surface area contributed by atoms with E-state index in [0.29, 0.717) is 30.3 Å². The number of carbonyl (C=O) groups is 1. The molecule has 29 heavy (non-hydrogen) atoms. The Morgan fingerprint density at radius 2 is 1.90 bits per heavy atom. The smallest absolute Gasteiger partial charge is 0.293 e. The van der Waals surface area contributed by atoms with Gasteiger partial charge >= 0.3 is 0 Å². The third-order valence-electron chi connectivity index (χ3n) is 5.93. The summed E-state index contributed by atoms with van der Waals surface area (Å²) in [5, 5.41) is 18.7. The highest BCUT2D eigenvalue weighted by Gasteiger charge is 2.33. The Balaban J connectivity index is 1.28. The van der Waals surface area contributed by atoms with Crippen molar-refractivity contribution in [2.24, 2.45) is 0 Å². The first-order chi connectivity index (χ1) is 14.1. The third-order valence-corrected chi connectivity index (χ3v) is 5.93. The Bertz CT molecular complexity index is 942. The van der Waals surface area contributed by atoms with Gasteiger partial charge in [-0.05, 0) is 50.7 Å². The van der Waals surface area contributed by atoms with Gasteiger partial charge in [0.25, 0.3) is 11.6 Å². The number of anilines is 1. The van der Waals surface area contributed by atoms with Gasteiger partial charge in [0.15, 0.2) is 5.82 Å². The zero-order chi connectivity index (χ0) is 20.0. The van der Waals surface area contributed by atoms with Crippen molar-refractivity contribution in [3.8, 4) is 0 Å². The second-order valence-electron chi connectivity index (χ2n) is 8.23. The summed E-state index contributed by atoms with van der Waals surface area (Å²) in [4.78, 5) is 30.0. The molecule has 1 aromatic heterocycles. The van der Waals surface area contributed by atoms with Crippen LogP contribution < -0.4 is 10.2 Å². The molecule has 0 atom stereocenters. The van der Waals surface area contributed by atoms with Crippen LogP contribution in [0, 0.1) is 10.1 Å². The lowest BCUT2D eigenvalue weighted by atomic mass is 9.95. The molecule has 0 radical (unpaired) electrons. The maximum atomic E-state index is 12.2. The summed E-state index contributed by atoms with van der Waals surface area (Å²) < 4.78 is 5.37. The predicted molar refractivity (Wildman–Crippen MR) is 104 cm³/mol. The number of hydrogen-bond acceptors (Lipinski definition) is 7. The van der Waals surface area contributed by atoms with Gasteiger partial charge in [-0.3, -0.25) is 14.9 Å². The van der Waals surface area contributed by atoms with E-state index in [2.05, 4.69) is 15.5 Å². The highest BCUT2D eigenvalue weighted by Crippen LogP contribution is 2.40. The average molecular weight is 397 g/mol. The van der Waals surface area contributed by atoms with Gasteiger partial charge in [0.05, 0.1) is 4.92 Å². The first-order valence-electron chi connectivity index (χ1n) is 10.3. The van der Waals surface area contributed by atoms with Crippen molar-refractivity contribution < 1.29 is 14.2 Å². The lowest BCUT2D eigenvalue weighted by molar-refractivity contribution is -0.384. The van der Waals surface area contributed by atoms with E-state index < -0.39 is 4.92 Å². The molecule has 1 saturated heterocycles. The third kappa shape index (κ3) is 3.81. The molecule has 9 heteroatoms. The maximum absolute atomic E-state index is 12.2. The fourth-order valence-electron chi connectivity index (χ4n) is 3.86. The number of hydrogen-bond donors (Lipinski definition) is 1. The molecule has 2 heterocycles. The molecule has 1 aromatic carbocycles. The van der Waals surface area contributed by atoms with Crippen LogP contribution in [0.5, 0.6) is 0 Å². The molecule has 3 fully saturated rings. The molecule has 2 saturated carbocycles. The van der Waals surface area contributed by atoms with Crippen molar-refractivity contribution in [2.75, 3.05) is 18.0 Å². The maximum Gasteiger partial charge on any atom is 0.293 e. The van der Waals surface area contributed by atoms with Crippen LogP contribution in [-0.4, -0.2) is 40.1 Å². The average Bonchev–Trinajstić information content (AvgIpc) is 3.68. The number of amides is 1. The van der Waals surface area contributed by atoms with Crippen LogP contribution in [0.15, 0.2) is 22.7 Å². The molecular formula is C20H23N5O4. The van der Waals surface area contributed by atoms with Crippen LogP contribution >= 0.6 is 0 Å². The number of nitro benzene ring substituents is 1. The topological polar surface area (TPSA) is 114 Å². The molecule has 1 aliphatic heterocycles. The minimum Gasteiger partial charge on any atom is -0.366 e. The molecule has 0 spiro atoms. The zero-order valence-corrected chi connectivity index (χ0v) is 16.0. The summed E-state index contributed by atoms with van der Waals surface area (Å²) in [6, 6.07) is 4.97. The number of nitrogens with zero attached hydrogens (tertiary/aromatic N) is 4. The van der Waals surface area contributed by atoms with Crippen LogP contribution in [0.1, 0.15) is 72.4 Å². The van der Waals surface area contributed by atoms with Gasteiger partial charge in [0.1, 0.15) is 5.69 Å². The van der Waals surface area contributed by atoms with E-state index in [1.807, 2.05) is 4.90 Å². The number of carbonyl (C=O) groups excluding carboxylic acids is 1. The Labute approximate surface area is 167 Å². The molecule has 152 valence electrons. The number of rotatable bonds is 6. The van der Waals surface area contributed by atoms with Gasteiger partial charge in [0.2, 0.25) is 5.89 Å². The number of aromatic nitrogens is 2. The fraction of sp³-hybridized carbons (Fsp3) is 0.550. The first kappa shape index (κ1) is 18.1. The Hall–Kier alpha value is -2.97. The molecule has 0 unspecified atom stereocenters. The molecule has 0 bridgehead atoms. The molecule has 9 nitrogen and oxygen atoms in total. The van der Waals surface area contributed by atoms with Crippen LogP contribution in [-0.2, 0) is 0 Å². The molecule has 1 N–H and O–H groups in total. The van der Waals surface area contributed by atoms with Gasteiger partial charge in [-0.15, -0.1) is 0 Å². The monoisotopic (exact) mass is 397 g/mol. The van der Waals surface area contributed by atoms with Crippen molar-refractivity contribution in [2.45, 2.75) is 56.4 Å². The van der Waals surface area contributed by atoms with Crippen molar-refractivity contribution in [1.29, 1.82) is 0 Å². The Morgan fingerprint density at radius 3 is 2.55 bits per heavy atom. The number of nitrogens with one attached hydrogen (secondary N) is 1. The van der Waals surface area contributed by atoms with Gasteiger partial charge in [-0.25, -0.2) is 0 Å². The van der Waals surface area contributed by atoms with Gasteiger partial charge in [-0.1, -0.05) is 5.16 Å². The van der Waals surface area contributed by atoms with E-state index in [1.165, 1.54) is 6.07 Å². The summed E-state index contributed by atoms with van der Waals surface area (Å²) in [5.74, 6) is 1.91. The van der Waals surface area contributed by atoms with Crippen molar-refractivity contribution in [1.82, 2.24) is 15.5 Å². The van der Waals surface area contributed by atoms with E-state index in [9.17, 15) is 14.9 Å². The van der Waals surface area contributed by atoms with E-state index in [4.69, 9.17) is 4.52 Å². The molecule has 5 rings (SSSR count). The van der Waals surface area contributed by atoms with Crippen molar-refractivity contribution >= 4 is 17.3 Å². The van der Waals surface area contributed by atoms with Crippen molar-refractivity contribution in [3.63, 3.8) is 0 Å². The fourth-order valence-corrected chi connectivity index (χ4v) is 3.86. The minimum absolute atomic E-state index is 0.0255. The van der Waals surface area contributed by atoms with E-state index in [-0.39, 0.29) is 23.6 Å². The van der Waals surface area contributed by atoms with E-state index in [0.717, 1.165) is 50.2 Å². The Morgan fingerprint density at radius 1 is 1.14 bits per heavy atom. The molecule has 2 aliphatic carbocycles. The summed E-state index contributed by atoms with van der Waals surface area (Å²) in [6.45, 7) is 1.35. The van der Waals surface area contributed by atoms with Crippen LogP contribution in [0.2, 0.25) is 0 Å². The van der Waals surface area contributed by atoms with Gasteiger partial charge in [-0.2, -0.15) is 4.98 Å².